The third-order valence-electron chi connectivity index (χ3n) is 7.38. The summed E-state index contributed by atoms with van der Waals surface area (Å²) in [5.74, 6) is -1.16. The van der Waals surface area contributed by atoms with Gasteiger partial charge in [0, 0.05) is 19.3 Å². The quantitative estimate of drug-likeness (QED) is 0.0226. The fraction of sp³-hybridized carbons (Fsp3) is 0.468. The summed E-state index contributed by atoms with van der Waals surface area (Å²) in [7, 11) is 0. The van der Waals surface area contributed by atoms with Crippen LogP contribution in [0.15, 0.2) is 134 Å². The molecule has 0 aromatic carbocycles. The van der Waals surface area contributed by atoms with Crippen LogP contribution in [-0.4, -0.2) is 37.2 Å². The summed E-state index contributed by atoms with van der Waals surface area (Å²) >= 11 is 0. The van der Waals surface area contributed by atoms with Gasteiger partial charge in [-0.25, -0.2) is 0 Å². The number of carbonyl (C=O) groups excluding carboxylic acids is 3. The number of carbonyl (C=O) groups is 3. The summed E-state index contributed by atoms with van der Waals surface area (Å²) in [6, 6.07) is 0. The first-order valence-corrected chi connectivity index (χ1v) is 19.8. The minimum Gasteiger partial charge on any atom is -0.462 e. The van der Waals surface area contributed by atoms with Crippen LogP contribution in [0.25, 0.3) is 0 Å². The summed E-state index contributed by atoms with van der Waals surface area (Å²) < 4.78 is 16.4. The van der Waals surface area contributed by atoms with Crippen LogP contribution in [0, 0.1) is 0 Å². The van der Waals surface area contributed by atoms with Crippen molar-refractivity contribution in [1.29, 1.82) is 0 Å². The van der Waals surface area contributed by atoms with Crippen LogP contribution in [0.1, 0.15) is 124 Å². The molecule has 0 aromatic rings. The maximum atomic E-state index is 12.6. The van der Waals surface area contributed by atoms with E-state index in [0.717, 1.165) is 32.1 Å². The van der Waals surface area contributed by atoms with E-state index in [4.69, 9.17) is 14.2 Å². The van der Waals surface area contributed by atoms with E-state index in [1.54, 1.807) is 0 Å². The molecule has 1 unspecified atom stereocenters. The molecule has 0 aliphatic carbocycles. The molecule has 0 saturated carbocycles. The molecule has 292 valence electrons. The zero-order chi connectivity index (χ0) is 38.7. The molecule has 0 fully saturated rings. The standard InChI is InChI=1S/C47H68O6/c1-4-7-10-13-16-19-21-23-25-28-31-34-37-40-46(49)52-43-44(42-51-45(48)39-36-33-30-27-18-15-12-9-6-3)53-47(50)41-38-35-32-29-26-24-22-20-17-14-11-8-5-2/h7-8,10-11,13-14,16-17,19-32,44H,4-6,9,12,15,18,33-43H2,1-3H3/b10-7-,11-8-,16-13-,17-14-,21-19-,22-20-,25-23-,26-24-,30-27-,31-28-,32-29-. The molecule has 1 atom stereocenters. The number of rotatable bonds is 32. The summed E-state index contributed by atoms with van der Waals surface area (Å²) in [5.41, 5.74) is 0. The number of hydrogen-bond acceptors (Lipinski definition) is 6. The lowest BCUT2D eigenvalue weighted by atomic mass is 10.1. The molecular weight excluding hydrogens is 661 g/mol. The van der Waals surface area contributed by atoms with Crippen molar-refractivity contribution in [2.45, 2.75) is 130 Å². The lowest BCUT2D eigenvalue weighted by molar-refractivity contribution is -0.166. The third-order valence-corrected chi connectivity index (χ3v) is 7.38. The summed E-state index contributed by atoms with van der Waals surface area (Å²) in [6.07, 6.45) is 56.0. The van der Waals surface area contributed by atoms with Crippen molar-refractivity contribution in [2.75, 3.05) is 13.2 Å². The smallest absolute Gasteiger partial charge is 0.306 e. The zero-order valence-electron chi connectivity index (χ0n) is 33.0. The van der Waals surface area contributed by atoms with E-state index in [1.165, 1.54) is 25.7 Å². The Morgan fingerprint density at radius 2 is 0.755 bits per heavy atom. The number of unbranched alkanes of at least 4 members (excludes halogenated alkanes) is 7. The van der Waals surface area contributed by atoms with Gasteiger partial charge < -0.3 is 14.2 Å². The van der Waals surface area contributed by atoms with Crippen LogP contribution >= 0.6 is 0 Å². The number of hydrogen-bond donors (Lipinski definition) is 0. The fourth-order valence-electron chi connectivity index (χ4n) is 4.44. The third kappa shape index (κ3) is 38.6. The Morgan fingerprint density at radius 1 is 0.396 bits per heavy atom. The monoisotopic (exact) mass is 729 g/mol. The van der Waals surface area contributed by atoms with Gasteiger partial charge in [-0.1, -0.05) is 174 Å². The van der Waals surface area contributed by atoms with Crippen molar-refractivity contribution in [3.05, 3.63) is 134 Å². The Bertz CT molecular complexity index is 1250. The first kappa shape index (κ1) is 48.5. The summed E-state index contributed by atoms with van der Waals surface area (Å²) in [5, 5.41) is 0. The normalized spacial score (nSPS) is 13.5. The van der Waals surface area contributed by atoms with Crippen LogP contribution in [0.2, 0.25) is 0 Å². The average Bonchev–Trinajstić information content (AvgIpc) is 3.15. The van der Waals surface area contributed by atoms with Crippen molar-refractivity contribution >= 4 is 17.9 Å². The predicted molar refractivity (Wildman–Crippen MR) is 223 cm³/mol. The number of esters is 3. The van der Waals surface area contributed by atoms with Gasteiger partial charge in [-0.3, -0.25) is 14.4 Å². The van der Waals surface area contributed by atoms with E-state index >= 15 is 0 Å². The maximum Gasteiger partial charge on any atom is 0.306 e. The molecule has 53 heavy (non-hydrogen) atoms. The largest absolute Gasteiger partial charge is 0.462 e. The molecule has 0 rings (SSSR count). The minimum absolute atomic E-state index is 0.151. The van der Waals surface area contributed by atoms with Crippen molar-refractivity contribution in [3.8, 4) is 0 Å². The van der Waals surface area contributed by atoms with Crippen molar-refractivity contribution in [2.24, 2.45) is 0 Å². The van der Waals surface area contributed by atoms with Gasteiger partial charge in [0.1, 0.15) is 13.2 Å². The Hall–Kier alpha value is -4.45. The molecule has 0 amide bonds. The van der Waals surface area contributed by atoms with E-state index < -0.39 is 12.1 Å². The highest BCUT2D eigenvalue weighted by Gasteiger charge is 2.19. The lowest BCUT2D eigenvalue weighted by Crippen LogP contribution is -2.30. The fourth-order valence-corrected chi connectivity index (χ4v) is 4.44. The number of allylic oxidation sites excluding steroid dienone is 22. The molecule has 0 aromatic heterocycles. The van der Waals surface area contributed by atoms with Crippen LogP contribution in [0.5, 0.6) is 0 Å². The molecule has 6 heteroatoms. The van der Waals surface area contributed by atoms with Gasteiger partial charge >= 0.3 is 17.9 Å². The molecule has 0 spiro atoms. The molecule has 0 heterocycles. The second-order valence-electron chi connectivity index (χ2n) is 12.3. The maximum absolute atomic E-state index is 12.6. The van der Waals surface area contributed by atoms with Crippen molar-refractivity contribution < 1.29 is 28.6 Å². The Labute approximate surface area is 322 Å². The van der Waals surface area contributed by atoms with E-state index in [1.807, 2.05) is 109 Å². The average molecular weight is 729 g/mol. The highest BCUT2D eigenvalue weighted by atomic mass is 16.6. The Kier molecular flexibility index (Phi) is 36.9. The Balaban J connectivity index is 4.71. The minimum atomic E-state index is -0.856. The highest BCUT2D eigenvalue weighted by Crippen LogP contribution is 2.08. The Morgan fingerprint density at radius 3 is 1.17 bits per heavy atom. The first-order chi connectivity index (χ1) is 26.0. The zero-order valence-corrected chi connectivity index (χ0v) is 33.0. The van der Waals surface area contributed by atoms with Crippen LogP contribution < -0.4 is 0 Å². The first-order valence-electron chi connectivity index (χ1n) is 19.8. The second kappa shape index (κ2) is 40.3. The predicted octanol–water partition coefficient (Wildman–Crippen LogP) is 12.4. The molecule has 0 saturated heterocycles. The summed E-state index contributed by atoms with van der Waals surface area (Å²) in [6.45, 7) is 6.09. The van der Waals surface area contributed by atoms with E-state index in [9.17, 15) is 14.4 Å². The van der Waals surface area contributed by atoms with Gasteiger partial charge in [-0.2, -0.15) is 0 Å². The van der Waals surface area contributed by atoms with Gasteiger partial charge in [0.2, 0.25) is 0 Å². The SMILES string of the molecule is CC\C=C/C=C\C=C/C=C\C=C/CCCC(=O)OCC(COC(=O)CCC/C=C\CCCCCC)OC(=O)CCC\C=C/C=C\C=C/C=C\C=C/CC. The molecule has 0 N–H and O–H groups in total. The molecule has 0 aliphatic rings. The van der Waals surface area contributed by atoms with Gasteiger partial charge in [0.25, 0.3) is 0 Å². The van der Waals surface area contributed by atoms with Gasteiger partial charge in [-0.15, -0.1) is 0 Å². The van der Waals surface area contributed by atoms with Crippen molar-refractivity contribution in [3.63, 3.8) is 0 Å². The van der Waals surface area contributed by atoms with E-state index in [0.29, 0.717) is 25.7 Å². The van der Waals surface area contributed by atoms with Crippen LogP contribution in [0.4, 0.5) is 0 Å². The van der Waals surface area contributed by atoms with E-state index in [-0.39, 0.29) is 44.4 Å². The van der Waals surface area contributed by atoms with Gasteiger partial charge in [0.15, 0.2) is 6.10 Å². The van der Waals surface area contributed by atoms with Crippen LogP contribution in [-0.2, 0) is 28.6 Å². The van der Waals surface area contributed by atoms with E-state index in [2.05, 4.69) is 45.1 Å². The van der Waals surface area contributed by atoms with Crippen LogP contribution in [0.3, 0.4) is 0 Å². The molecule has 0 bridgehead atoms. The molecular formula is C47H68O6. The summed E-state index contributed by atoms with van der Waals surface area (Å²) in [4.78, 5) is 37.4. The van der Waals surface area contributed by atoms with Crippen molar-refractivity contribution in [1.82, 2.24) is 0 Å². The number of ether oxygens (including phenoxy) is 3. The van der Waals surface area contributed by atoms with Gasteiger partial charge in [0.05, 0.1) is 0 Å². The molecule has 0 radical (unpaired) electrons. The van der Waals surface area contributed by atoms with Gasteiger partial charge in [-0.05, 0) is 64.2 Å². The highest BCUT2D eigenvalue weighted by molar-refractivity contribution is 5.71. The molecule has 0 aliphatic heterocycles. The lowest BCUT2D eigenvalue weighted by Gasteiger charge is -2.18. The second-order valence-corrected chi connectivity index (χ2v) is 12.3. The molecule has 6 nitrogen and oxygen atoms in total. The topological polar surface area (TPSA) is 78.9 Å².